The van der Waals surface area contributed by atoms with Crippen LogP contribution >= 0.6 is 12.2 Å². The second-order valence-corrected chi connectivity index (χ2v) is 5.15. The van der Waals surface area contributed by atoms with Gasteiger partial charge in [0, 0.05) is 17.3 Å². The minimum absolute atomic E-state index is 0.0732. The lowest BCUT2D eigenvalue weighted by molar-refractivity contribution is 0.623. The average Bonchev–Trinajstić information content (AvgIpc) is 2.97. The van der Waals surface area contributed by atoms with Gasteiger partial charge in [0.2, 0.25) is 0 Å². The third-order valence-electron chi connectivity index (χ3n) is 3.69. The minimum atomic E-state index is -0.130. The van der Waals surface area contributed by atoms with Crippen molar-refractivity contribution in [3.63, 3.8) is 0 Å². The van der Waals surface area contributed by atoms with Crippen LogP contribution in [0.5, 0.6) is 0 Å². The molecular formula is C14H15FN2S. The summed E-state index contributed by atoms with van der Waals surface area (Å²) in [6.45, 7) is 0. The van der Waals surface area contributed by atoms with Crippen molar-refractivity contribution in [1.82, 2.24) is 10.6 Å². The van der Waals surface area contributed by atoms with E-state index in [-0.39, 0.29) is 12.0 Å². The van der Waals surface area contributed by atoms with Crippen molar-refractivity contribution in [2.24, 2.45) is 0 Å². The largest absolute Gasteiger partial charge is 0.366 e. The Kier molecular flexibility index (Phi) is 3.04. The molecule has 0 amide bonds. The molecule has 2 nitrogen and oxygen atoms in total. The number of fused-ring (bicyclic) bond motifs is 1. The molecule has 1 aliphatic carbocycles. The van der Waals surface area contributed by atoms with E-state index >= 15 is 0 Å². The Morgan fingerprint density at radius 3 is 3.11 bits per heavy atom. The quantitative estimate of drug-likeness (QED) is 0.819. The van der Waals surface area contributed by atoms with E-state index in [0.717, 1.165) is 24.8 Å². The van der Waals surface area contributed by atoms with Crippen molar-refractivity contribution in [1.29, 1.82) is 0 Å². The predicted octanol–water partition coefficient (Wildman–Crippen LogP) is 2.61. The van der Waals surface area contributed by atoms with Crippen LogP contribution in [-0.4, -0.2) is 11.5 Å². The second-order valence-electron chi connectivity index (χ2n) is 4.88. The second kappa shape index (κ2) is 4.69. The summed E-state index contributed by atoms with van der Waals surface area (Å²) in [4.78, 5) is 0. The zero-order valence-electron chi connectivity index (χ0n) is 9.95. The fourth-order valence-electron chi connectivity index (χ4n) is 2.82. The van der Waals surface area contributed by atoms with Crippen LogP contribution in [0.3, 0.4) is 0 Å². The standard InChI is InChI=1S/C14H15FN2S/c15-11-3-4-13-9(5-11)1-2-10(13)6-12-7-16-14(8-18)17-12/h3-5,7-8,10,14,16-17H,1-2,6H2. The molecule has 0 aromatic heterocycles. The van der Waals surface area contributed by atoms with Gasteiger partial charge in [0.15, 0.2) is 0 Å². The van der Waals surface area contributed by atoms with Crippen molar-refractivity contribution in [2.75, 3.05) is 0 Å². The summed E-state index contributed by atoms with van der Waals surface area (Å²) in [5.41, 5.74) is 3.64. The fraction of sp³-hybridized carbons (Fsp3) is 0.357. The lowest BCUT2D eigenvalue weighted by Gasteiger charge is -2.14. The highest BCUT2D eigenvalue weighted by molar-refractivity contribution is 7.79. The molecule has 94 valence electrons. The maximum atomic E-state index is 13.1. The maximum absolute atomic E-state index is 13.1. The minimum Gasteiger partial charge on any atom is -0.366 e. The molecule has 1 heterocycles. The van der Waals surface area contributed by atoms with E-state index in [9.17, 15) is 4.39 Å². The van der Waals surface area contributed by atoms with E-state index in [4.69, 9.17) is 12.2 Å². The van der Waals surface area contributed by atoms with Crippen LogP contribution in [0.4, 0.5) is 4.39 Å². The zero-order valence-corrected chi connectivity index (χ0v) is 10.8. The molecule has 2 unspecified atom stereocenters. The molecule has 1 aromatic carbocycles. The number of rotatable bonds is 3. The molecule has 2 atom stereocenters. The molecule has 4 heteroatoms. The first-order chi connectivity index (χ1) is 8.76. The molecule has 18 heavy (non-hydrogen) atoms. The van der Waals surface area contributed by atoms with E-state index in [1.807, 2.05) is 12.3 Å². The van der Waals surface area contributed by atoms with Crippen LogP contribution in [0.2, 0.25) is 0 Å². The van der Waals surface area contributed by atoms with Crippen LogP contribution in [-0.2, 0) is 6.42 Å². The predicted molar refractivity (Wildman–Crippen MR) is 73.9 cm³/mol. The van der Waals surface area contributed by atoms with Gasteiger partial charge in [-0.05, 0) is 48.4 Å². The Morgan fingerprint density at radius 2 is 2.33 bits per heavy atom. The normalized spacial score (nSPS) is 25.1. The molecule has 0 spiro atoms. The van der Waals surface area contributed by atoms with Crippen LogP contribution in [0.15, 0.2) is 30.1 Å². The van der Waals surface area contributed by atoms with E-state index < -0.39 is 0 Å². The van der Waals surface area contributed by atoms with E-state index in [0.29, 0.717) is 5.92 Å². The van der Waals surface area contributed by atoms with Gasteiger partial charge in [-0.3, -0.25) is 0 Å². The van der Waals surface area contributed by atoms with Crippen molar-refractivity contribution >= 4 is 17.6 Å². The van der Waals surface area contributed by atoms with Crippen LogP contribution in [0.25, 0.3) is 0 Å². The number of hydrogen-bond acceptors (Lipinski definition) is 3. The average molecular weight is 262 g/mol. The Hall–Kier alpha value is -1.42. The molecule has 1 aliphatic heterocycles. The number of halogens is 1. The fourth-order valence-corrected chi connectivity index (χ4v) is 2.96. The summed E-state index contributed by atoms with van der Waals surface area (Å²) in [6, 6.07) is 5.16. The van der Waals surface area contributed by atoms with E-state index in [2.05, 4.69) is 10.6 Å². The molecule has 0 saturated heterocycles. The number of nitrogens with one attached hydrogen (secondary N) is 2. The zero-order chi connectivity index (χ0) is 12.5. The number of benzene rings is 1. The van der Waals surface area contributed by atoms with Gasteiger partial charge in [-0.2, -0.15) is 0 Å². The van der Waals surface area contributed by atoms with Gasteiger partial charge in [-0.15, -0.1) is 0 Å². The molecular weight excluding hydrogens is 247 g/mol. The summed E-state index contributed by atoms with van der Waals surface area (Å²) in [5.74, 6) is 0.361. The van der Waals surface area contributed by atoms with Gasteiger partial charge in [-0.1, -0.05) is 18.3 Å². The van der Waals surface area contributed by atoms with Gasteiger partial charge in [0.1, 0.15) is 12.0 Å². The van der Waals surface area contributed by atoms with E-state index in [1.165, 1.54) is 11.3 Å². The van der Waals surface area contributed by atoms with Gasteiger partial charge < -0.3 is 10.6 Å². The number of aryl methyl sites for hydroxylation is 1. The Labute approximate surface area is 111 Å². The van der Waals surface area contributed by atoms with Crippen molar-refractivity contribution in [3.8, 4) is 0 Å². The van der Waals surface area contributed by atoms with Crippen LogP contribution in [0, 0.1) is 5.82 Å². The third kappa shape index (κ3) is 2.12. The van der Waals surface area contributed by atoms with Crippen LogP contribution in [0.1, 0.15) is 29.9 Å². The van der Waals surface area contributed by atoms with Crippen LogP contribution < -0.4 is 10.6 Å². The van der Waals surface area contributed by atoms with Gasteiger partial charge in [0.25, 0.3) is 0 Å². The molecule has 1 aromatic rings. The SMILES string of the molecule is Fc1ccc2c(c1)CCC2CC1=CNC(C=S)N1. The Balaban J connectivity index is 1.72. The lowest BCUT2D eigenvalue weighted by atomic mass is 9.96. The highest BCUT2D eigenvalue weighted by atomic mass is 32.1. The number of thiocarbonyl (C=S) groups is 1. The molecule has 0 fully saturated rings. The third-order valence-corrected chi connectivity index (χ3v) is 3.96. The first-order valence-electron chi connectivity index (χ1n) is 6.21. The molecule has 2 aliphatic rings. The molecule has 3 rings (SSSR count). The summed E-state index contributed by atoms with van der Waals surface area (Å²) in [6.07, 6.45) is 5.11. The molecule has 0 bridgehead atoms. The Bertz CT molecular complexity index is 513. The Morgan fingerprint density at radius 1 is 1.44 bits per heavy atom. The van der Waals surface area contributed by atoms with Gasteiger partial charge in [-0.25, -0.2) is 4.39 Å². The van der Waals surface area contributed by atoms with Crippen molar-refractivity contribution in [2.45, 2.75) is 31.3 Å². The van der Waals surface area contributed by atoms with E-state index in [1.54, 1.807) is 17.5 Å². The van der Waals surface area contributed by atoms with Crippen molar-refractivity contribution in [3.05, 3.63) is 47.0 Å². The first kappa shape index (κ1) is 11.7. The summed E-state index contributed by atoms with van der Waals surface area (Å²) in [7, 11) is 0. The summed E-state index contributed by atoms with van der Waals surface area (Å²) < 4.78 is 13.1. The number of hydrogen-bond donors (Lipinski definition) is 2. The summed E-state index contributed by atoms with van der Waals surface area (Å²) in [5, 5.41) is 8.18. The molecule has 2 N–H and O–H groups in total. The smallest absolute Gasteiger partial charge is 0.126 e. The first-order valence-corrected chi connectivity index (χ1v) is 6.68. The van der Waals surface area contributed by atoms with Gasteiger partial charge >= 0.3 is 0 Å². The summed E-state index contributed by atoms with van der Waals surface area (Å²) >= 11 is 4.90. The lowest BCUT2D eigenvalue weighted by Crippen LogP contribution is -2.32. The highest BCUT2D eigenvalue weighted by Gasteiger charge is 2.25. The molecule has 0 radical (unpaired) electrons. The van der Waals surface area contributed by atoms with Gasteiger partial charge in [0.05, 0.1) is 0 Å². The topological polar surface area (TPSA) is 24.1 Å². The number of allylic oxidation sites excluding steroid dienone is 1. The van der Waals surface area contributed by atoms with Crippen molar-refractivity contribution < 1.29 is 4.39 Å². The highest BCUT2D eigenvalue weighted by Crippen LogP contribution is 2.37. The maximum Gasteiger partial charge on any atom is 0.126 e. The molecule has 0 saturated carbocycles. The monoisotopic (exact) mass is 262 g/mol.